The topological polar surface area (TPSA) is 91.9 Å². The lowest BCUT2D eigenvalue weighted by molar-refractivity contribution is -0.143. The molecule has 8 heteroatoms. The molecule has 1 aromatic rings. The number of piperazine rings is 1. The number of carbonyl (C=O) groups is 1. The normalized spacial score (nSPS) is 20.0. The summed E-state index contributed by atoms with van der Waals surface area (Å²) >= 11 is 0. The number of aliphatic carboxylic acids is 1. The van der Waals surface area contributed by atoms with Crippen molar-refractivity contribution in [1.82, 2.24) is 19.9 Å². The molecular weight excluding hydrogens is 288 g/mol. The van der Waals surface area contributed by atoms with Crippen molar-refractivity contribution >= 4 is 5.97 Å². The highest BCUT2D eigenvalue weighted by molar-refractivity contribution is 5.72. The summed E-state index contributed by atoms with van der Waals surface area (Å²) in [6, 6.07) is -0.441. The fourth-order valence-corrected chi connectivity index (χ4v) is 2.48. The lowest BCUT2D eigenvalue weighted by atomic mass is 10.2. The van der Waals surface area contributed by atoms with E-state index >= 15 is 0 Å². The molecule has 2 unspecified atom stereocenters. The van der Waals surface area contributed by atoms with Crippen molar-refractivity contribution in [3.8, 4) is 0 Å². The summed E-state index contributed by atoms with van der Waals surface area (Å²) < 4.78 is 10.7. The highest BCUT2D eigenvalue weighted by atomic mass is 16.5. The van der Waals surface area contributed by atoms with Gasteiger partial charge in [0.05, 0.1) is 6.54 Å². The molecule has 22 heavy (non-hydrogen) atoms. The first-order chi connectivity index (χ1) is 10.5. The third-order valence-electron chi connectivity index (χ3n) is 3.93. The van der Waals surface area contributed by atoms with Crippen molar-refractivity contribution in [2.24, 2.45) is 0 Å². The number of carboxylic acids is 1. The number of hydrogen-bond donors (Lipinski definition) is 1. The van der Waals surface area contributed by atoms with E-state index in [0.29, 0.717) is 24.9 Å². The second-order valence-electron chi connectivity index (χ2n) is 5.47. The van der Waals surface area contributed by atoms with Crippen LogP contribution in [0.15, 0.2) is 4.52 Å². The van der Waals surface area contributed by atoms with Crippen molar-refractivity contribution in [2.75, 3.05) is 32.8 Å². The number of nitrogens with zero attached hydrogens (tertiary/aromatic N) is 4. The van der Waals surface area contributed by atoms with Crippen molar-refractivity contribution in [3.05, 3.63) is 11.7 Å². The molecule has 1 aliphatic rings. The molecule has 2 rings (SSSR count). The van der Waals surface area contributed by atoms with Gasteiger partial charge in [-0.25, -0.2) is 0 Å². The smallest absolute Gasteiger partial charge is 0.320 e. The summed E-state index contributed by atoms with van der Waals surface area (Å²) in [5.74, 6) is 0.358. The molecule has 0 aliphatic carbocycles. The van der Waals surface area contributed by atoms with E-state index in [1.807, 2.05) is 18.7 Å². The predicted molar refractivity (Wildman–Crippen MR) is 78.3 cm³/mol. The largest absolute Gasteiger partial charge is 0.480 e. The summed E-state index contributed by atoms with van der Waals surface area (Å²) in [6.45, 7) is 9.76. The SMILES string of the molecule is CCOC(C)c1noc(CN2CCN(C(C)C(=O)O)CC2)n1. The van der Waals surface area contributed by atoms with Gasteiger partial charge in [0.15, 0.2) is 5.82 Å². The lowest BCUT2D eigenvalue weighted by Gasteiger charge is -2.35. The summed E-state index contributed by atoms with van der Waals surface area (Å²) in [4.78, 5) is 19.5. The standard InChI is InChI=1S/C14H24N4O4/c1-4-21-11(3)13-15-12(22-16-13)9-17-5-7-18(8-6-17)10(2)14(19)20/h10-11H,4-9H2,1-3H3,(H,19,20). The molecule has 0 aromatic carbocycles. The van der Waals surface area contributed by atoms with Crippen molar-refractivity contribution in [1.29, 1.82) is 0 Å². The van der Waals surface area contributed by atoms with Crippen LogP contribution in [0.3, 0.4) is 0 Å². The maximum absolute atomic E-state index is 11.0. The van der Waals surface area contributed by atoms with E-state index < -0.39 is 12.0 Å². The molecule has 1 saturated heterocycles. The second kappa shape index (κ2) is 7.66. The first-order valence-corrected chi connectivity index (χ1v) is 7.64. The zero-order chi connectivity index (χ0) is 16.1. The van der Waals surface area contributed by atoms with Gasteiger partial charge in [-0.15, -0.1) is 0 Å². The molecule has 0 radical (unpaired) electrons. The minimum atomic E-state index is -0.778. The molecule has 124 valence electrons. The van der Waals surface area contributed by atoms with E-state index in [4.69, 9.17) is 14.4 Å². The van der Waals surface area contributed by atoms with Crippen LogP contribution in [-0.4, -0.2) is 69.8 Å². The Morgan fingerprint density at radius 2 is 2.05 bits per heavy atom. The van der Waals surface area contributed by atoms with Gasteiger partial charge in [0.2, 0.25) is 5.89 Å². The van der Waals surface area contributed by atoms with Gasteiger partial charge in [-0.05, 0) is 20.8 Å². The van der Waals surface area contributed by atoms with E-state index in [1.165, 1.54) is 0 Å². The zero-order valence-corrected chi connectivity index (χ0v) is 13.4. The summed E-state index contributed by atoms with van der Waals surface area (Å²) in [5, 5.41) is 13.0. The number of rotatable bonds is 7. The van der Waals surface area contributed by atoms with Gasteiger partial charge in [0.1, 0.15) is 12.1 Å². The van der Waals surface area contributed by atoms with Crippen LogP contribution < -0.4 is 0 Å². The molecule has 1 aromatic heterocycles. The molecule has 1 aliphatic heterocycles. The lowest BCUT2D eigenvalue weighted by Crippen LogP contribution is -2.51. The van der Waals surface area contributed by atoms with Gasteiger partial charge in [0.25, 0.3) is 0 Å². The molecule has 2 heterocycles. The van der Waals surface area contributed by atoms with Crippen LogP contribution in [0.1, 0.15) is 38.6 Å². The average Bonchev–Trinajstić information content (AvgIpc) is 2.96. The first-order valence-electron chi connectivity index (χ1n) is 7.64. The van der Waals surface area contributed by atoms with Gasteiger partial charge >= 0.3 is 5.97 Å². The van der Waals surface area contributed by atoms with Crippen LogP contribution in [0.5, 0.6) is 0 Å². The van der Waals surface area contributed by atoms with E-state index in [1.54, 1.807) is 6.92 Å². The second-order valence-corrected chi connectivity index (χ2v) is 5.47. The molecule has 0 spiro atoms. The van der Waals surface area contributed by atoms with Crippen molar-refractivity contribution in [2.45, 2.75) is 39.5 Å². The number of ether oxygens (including phenoxy) is 1. The van der Waals surface area contributed by atoms with Crippen LogP contribution in [0.2, 0.25) is 0 Å². The van der Waals surface area contributed by atoms with Gasteiger partial charge in [0, 0.05) is 32.8 Å². The minimum Gasteiger partial charge on any atom is -0.480 e. The molecule has 8 nitrogen and oxygen atoms in total. The molecular formula is C14H24N4O4. The van der Waals surface area contributed by atoms with E-state index in [9.17, 15) is 4.79 Å². The van der Waals surface area contributed by atoms with Gasteiger partial charge in [-0.1, -0.05) is 5.16 Å². The van der Waals surface area contributed by atoms with Crippen LogP contribution in [0.4, 0.5) is 0 Å². The summed E-state index contributed by atoms with van der Waals surface area (Å²) in [6.07, 6.45) is -0.171. The fourth-order valence-electron chi connectivity index (χ4n) is 2.48. The highest BCUT2D eigenvalue weighted by Gasteiger charge is 2.26. The Kier molecular flexibility index (Phi) is 5.87. The monoisotopic (exact) mass is 312 g/mol. The molecule has 2 atom stereocenters. The first kappa shape index (κ1) is 16.9. The molecule has 0 bridgehead atoms. The molecule has 0 amide bonds. The number of hydrogen-bond acceptors (Lipinski definition) is 7. The van der Waals surface area contributed by atoms with E-state index in [2.05, 4.69) is 15.0 Å². The molecule has 1 N–H and O–H groups in total. The Hall–Kier alpha value is -1.51. The quantitative estimate of drug-likeness (QED) is 0.789. The number of carboxylic acid groups (broad SMARTS) is 1. The zero-order valence-electron chi connectivity index (χ0n) is 13.4. The molecule has 1 fully saturated rings. The van der Waals surface area contributed by atoms with Crippen LogP contribution in [0.25, 0.3) is 0 Å². The van der Waals surface area contributed by atoms with Crippen molar-refractivity contribution in [3.63, 3.8) is 0 Å². The van der Waals surface area contributed by atoms with Gasteiger partial charge in [-0.2, -0.15) is 4.98 Å². The fraction of sp³-hybridized carbons (Fsp3) is 0.786. The highest BCUT2D eigenvalue weighted by Crippen LogP contribution is 2.14. The summed E-state index contributed by atoms with van der Waals surface area (Å²) in [5.41, 5.74) is 0. The van der Waals surface area contributed by atoms with Crippen LogP contribution >= 0.6 is 0 Å². The van der Waals surface area contributed by atoms with Gasteiger partial charge < -0.3 is 14.4 Å². The Labute approximate surface area is 130 Å². The minimum absolute atomic E-state index is 0.171. The number of aromatic nitrogens is 2. The van der Waals surface area contributed by atoms with Crippen LogP contribution in [-0.2, 0) is 16.1 Å². The summed E-state index contributed by atoms with van der Waals surface area (Å²) in [7, 11) is 0. The third-order valence-corrected chi connectivity index (χ3v) is 3.93. The predicted octanol–water partition coefficient (Wildman–Crippen LogP) is 0.758. The van der Waals surface area contributed by atoms with Gasteiger partial charge in [-0.3, -0.25) is 14.6 Å². The Morgan fingerprint density at radius 3 is 2.64 bits per heavy atom. The van der Waals surface area contributed by atoms with Crippen molar-refractivity contribution < 1.29 is 19.2 Å². The Morgan fingerprint density at radius 1 is 1.36 bits per heavy atom. The third kappa shape index (κ3) is 4.25. The van der Waals surface area contributed by atoms with Crippen LogP contribution in [0, 0.1) is 0 Å². The van der Waals surface area contributed by atoms with E-state index in [-0.39, 0.29) is 6.10 Å². The molecule has 0 saturated carbocycles. The Bertz CT molecular complexity index is 485. The maximum atomic E-state index is 11.0. The average molecular weight is 312 g/mol. The van der Waals surface area contributed by atoms with E-state index in [0.717, 1.165) is 26.2 Å². The Balaban J connectivity index is 1.82. The maximum Gasteiger partial charge on any atom is 0.320 e.